The summed E-state index contributed by atoms with van der Waals surface area (Å²) in [5, 5.41) is 8.77. The molecule has 1 aromatic rings. The topological polar surface area (TPSA) is 46.5 Å². The maximum atomic E-state index is 10.2. The molecular formula is C18H28O3. The van der Waals surface area contributed by atoms with Crippen molar-refractivity contribution < 1.29 is 14.6 Å². The fraction of sp³-hybridized carbons (Fsp3) is 0.500. The predicted molar refractivity (Wildman–Crippen MR) is 87.1 cm³/mol. The zero-order valence-electron chi connectivity index (χ0n) is 13.6. The number of rotatable bonds is 6. The predicted octanol–water partition coefficient (Wildman–Crippen LogP) is 4.21. The minimum atomic E-state index is -0.204. The van der Waals surface area contributed by atoms with Gasteiger partial charge >= 0.3 is 5.97 Å². The summed E-state index contributed by atoms with van der Waals surface area (Å²) in [7, 11) is 0. The van der Waals surface area contributed by atoms with Crippen LogP contribution in [-0.4, -0.2) is 17.7 Å². The molecule has 3 heteroatoms. The van der Waals surface area contributed by atoms with E-state index >= 15 is 0 Å². The van der Waals surface area contributed by atoms with E-state index in [0.29, 0.717) is 12.5 Å². The van der Waals surface area contributed by atoms with Gasteiger partial charge in [-0.1, -0.05) is 57.2 Å². The van der Waals surface area contributed by atoms with Crippen LogP contribution in [0.5, 0.6) is 0 Å². The molecule has 0 bridgehead atoms. The molecule has 1 aromatic carbocycles. The fourth-order valence-electron chi connectivity index (χ4n) is 1.56. The molecule has 0 atom stereocenters. The molecule has 1 rings (SSSR count). The summed E-state index contributed by atoms with van der Waals surface area (Å²) in [6.45, 7) is 8.46. The standard InChI is InChI=1S/C10H14O.C8H14O2/c1-8(2)10-5-3-9(7-11)4-6-10;1-3-4-5-6-7-10-8(2)9/h3-6,8,11H,7H2,1-2H3;4-5H,3,6-7H2,1-2H3/b;5-4-. The third-order valence-corrected chi connectivity index (χ3v) is 2.82. The van der Waals surface area contributed by atoms with Crippen molar-refractivity contribution in [3.63, 3.8) is 0 Å². The lowest BCUT2D eigenvalue weighted by molar-refractivity contribution is -0.140. The van der Waals surface area contributed by atoms with Crippen molar-refractivity contribution in [2.45, 2.75) is 53.1 Å². The van der Waals surface area contributed by atoms with Gasteiger partial charge in [0.25, 0.3) is 0 Å². The number of carbonyl (C=O) groups excluding carboxylic acids is 1. The Balaban J connectivity index is 0.000000384. The van der Waals surface area contributed by atoms with Crippen molar-refractivity contribution in [1.29, 1.82) is 0 Å². The van der Waals surface area contributed by atoms with E-state index in [1.54, 1.807) is 0 Å². The Labute approximate surface area is 128 Å². The lowest BCUT2D eigenvalue weighted by Crippen LogP contribution is -1.98. The summed E-state index contributed by atoms with van der Waals surface area (Å²) in [6.07, 6.45) is 5.94. The number of carbonyl (C=O) groups is 1. The van der Waals surface area contributed by atoms with Gasteiger partial charge in [-0.3, -0.25) is 4.79 Å². The molecule has 0 unspecified atom stereocenters. The summed E-state index contributed by atoms with van der Waals surface area (Å²) in [5.41, 5.74) is 2.30. The first kappa shape index (κ1) is 19.4. The van der Waals surface area contributed by atoms with Gasteiger partial charge < -0.3 is 9.84 Å². The van der Waals surface area contributed by atoms with Gasteiger partial charge in [0, 0.05) is 6.92 Å². The van der Waals surface area contributed by atoms with Gasteiger partial charge in [0.05, 0.1) is 13.2 Å². The average molecular weight is 292 g/mol. The van der Waals surface area contributed by atoms with Crippen LogP contribution in [0, 0.1) is 0 Å². The van der Waals surface area contributed by atoms with Crippen molar-refractivity contribution in [2.24, 2.45) is 0 Å². The molecule has 118 valence electrons. The van der Waals surface area contributed by atoms with Crippen molar-refractivity contribution in [1.82, 2.24) is 0 Å². The number of aliphatic hydroxyl groups excluding tert-OH is 1. The van der Waals surface area contributed by atoms with Gasteiger partial charge in [0.15, 0.2) is 0 Å². The Hall–Kier alpha value is -1.61. The van der Waals surface area contributed by atoms with Gasteiger partial charge in [0.1, 0.15) is 0 Å². The number of ether oxygens (including phenoxy) is 1. The quantitative estimate of drug-likeness (QED) is 0.485. The lowest BCUT2D eigenvalue weighted by atomic mass is 10.0. The average Bonchev–Trinajstić information content (AvgIpc) is 2.47. The van der Waals surface area contributed by atoms with E-state index in [9.17, 15) is 4.79 Å². The highest BCUT2D eigenvalue weighted by atomic mass is 16.5. The molecule has 0 radical (unpaired) electrons. The second kappa shape index (κ2) is 12.2. The Morgan fingerprint density at radius 3 is 2.29 bits per heavy atom. The van der Waals surface area contributed by atoms with E-state index in [-0.39, 0.29) is 12.6 Å². The number of hydrogen-bond acceptors (Lipinski definition) is 3. The van der Waals surface area contributed by atoms with Crippen LogP contribution in [0.4, 0.5) is 0 Å². The van der Waals surface area contributed by atoms with Crippen LogP contribution in [0.15, 0.2) is 36.4 Å². The minimum Gasteiger partial charge on any atom is -0.466 e. The highest BCUT2D eigenvalue weighted by Gasteiger charge is 1.97. The SMILES string of the molecule is CC(C)c1ccc(CO)cc1.CC/C=C\CCOC(C)=O. The molecule has 0 aromatic heterocycles. The summed E-state index contributed by atoms with van der Waals surface area (Å²) in [4.78, 5) is 10.2. The molecule has 0 saturated carbocycles. The van der Waals surface area contributed by atoms with Crippen LogP contribution in [0.2, 0.25) is 0 Å². The Bertz CT molecular complexity index is 405. The maximum Gasteiger partial charge on any atom is 0.302 e. The van der Waals surface area contributed by atoms with Crippen LogP contribution < -0.4 is 0 Å². The fourth-order valence-corrected chi connectivity index (χ4v) is 1.56. The van der Waals surface area contributed by atoms with Crippen molar-refractivity contribution in [3.8, 4) is 0 Å². The van der Waals surface area contributed by atoms with Gasteiger partial charge in [-0.25, -0.2) is 0 Å². The molecule has 0 aliphatic rings. The van der Waals surface area contributed by atoms with Crippen LogP contribution in [-0.2, 0) is 16.1 Å². The van der Waals surface area contributed by atoms with E-state index in [1.165, 1.54) is 12.5 Å². The first-order valence-corrected chi connectivity index (χ1v) is 7.49. The first-order valence-electron chi connectivity index (χ1n) is 7.49. The van der Waals surface area contributed by atoms with Crippen molar-refractivity contribution in [2.75, 3.05) is 6.61 Å². The summed E-state index contributed by atoms with van der Waals surface area (Å²) in [5.74, 6) is 0.368. The second-order valence-electron chi connectivity index (χ2n) is 5.06. The van der Waals surface area contributed by atoms with E-state index in [1.807, 2.05) is 18.2 Å². The maximum absolute atomic E-state index is 10.2. The van der Waals surface area contributed by atoms with Gasteiger partial charge in [-0.2, -0.15) is 0 Å². The molecule has 0 fully saturated rings. The number of allylic oxidation sites excluding steroid dienone is 1. The van der Waals surface area contributed by atoms with Gasteiger partial charge in [-0.15, -0.1) is 0 Å². The number of benzene rings is 1. The molecule has 0 aliphatic heterocycles. The molecular weight excluding hydrogens is 264 g/mol. The van der Waals surface area contributed by atoms with Crippen molar-refractivity contribution in [3.05, 3.63) is 47.5 Å². The zero-order valence-corrected chi connectivity index (χ0v) is 13.6. The summed E-state index contributed by atoms with van der Waals surface area (Å²) in [6, 6.07) is 8.07. The molecule has 1 N–H and O–H groups in total. The Morgan fingerprint density at radius 2 is 1.86 bits per heavy atom. The summed E-state index contributed by atoms with van der Waals surface area (Å²) < 4.78 is 4.70. The lowest BCUT2D eigenvalue weighted by Gasteiger charge is -2.04. The van der Waals surface area contributed by atoms with Gasteiger partial charge in [-0.05, 0) is 29.9 Å². The minimum absolute atomic E-state index is 0.137. The van der Waals surface area contributed by atoms with Crippen molar-refractivity contribution >= 4 is 5.97 Å². The highest BCUT2D eigenvalue weighted by Crippen LogP contribution is 2.14. The Morgan fingerprint density at radius 1 is 1.24 bits per heavy atom. The molecule has 0 saturated heterocycles. The van der Waals surface area contributed by atoms with Crippen LogP contribution in [0.3, 0.4) is 0 Å². The number of esters is 1. The number of hydrogen-bond donors (Lipinski definition) is 1. The first-order chi connectivity index (χ1) is 10.0. The highest BCUT2D eigenvalue weighted by molar-refractivity contribution is 5.65. The van der Waals surface area contributed by atoms with Crippen LogP contribution in [0.1, 0.15) is 57.6 Å². The summed E-state index contributed by atoms with van der Waals surface area (Å²) >= 11 is 0. The molecule has 0 spiro atoms. The smallest absolute Gasteiger partial charge is 0.302 e. The van der Waals surface area contributed by atoms with E-state index in [0.717, 1.165) is 18.4 Å². The van der Waals surface area contributed by atoms with E-state index in [2.05, 4.69) is 39.0 Å². The molecule has 3 nitrogen and oxygen atoms in total. The molecule has 0 amide bonds. The van der Waals surface area contributed by atoms with Crippen LogP contribution >= 0.6 is 0 Å². The zero-order chi connectivity index (χ0) is 16.1. The monoisotopic (exact) mass is 292 g/mol. The Kier molecular flexibility index (Phi) is 11.2. The van der Waals surface area contributed by atoms with E-state index in [4.69, 9.17) is 9.84 Å². The normalized spacial score (nSPS) is 10.4. The largest absolute Gasteiger partial charge is 0.466 e. The molecule has 0 heterocycles. The third-order valence-electron chi connectivity index (χ3n) is 2.82. The second-order valence-corrected chi connectivity index (χ2v) is 5.06. The number of aliphatic hydroxyl groups is 1. The molecule has 21 heavy (non-hydrogen) atoms. The van der Waals surface area contributed by atoms with Gasteiger partial charge in [0.2, 0.25) is 0 Å². The molecule has 0 aliphatic carbocycles. The van der Waals surface area contributed by atoms with E-state index < -0.39 is 0 Å². The van der Waals surface area contributed by atoms with Crippen LogP contribution in [0.25, 0.3) is 0 Å². The third kappa shape index (κ3) is 10.8.